The molecule has 2 rings (SSSR count). The van der Waals surface area contributed by atoms with E-state index in [1.165, 1.54) is 0 Å². The lowest BCUT2D eigenvalue weighted by Gasteiger charge is -2.12. The van der Waals surface area contributed by atoms with Crippen molar-refractivity contribution in [3.05, 3.63) is 39.5 Å². The smallest absolute Gasteiger partial charge is 0.109 e. The first-order chi connectivity index (χ1) is 9.62. The van der Waals surface area contributed by atoms with Gasteiger partial charge < -0.3 is 9.52 Å². The third-order valence-corrected chi connectivity index (χ3v) is 4.46. The maximum Gasteiger partial charge on any atom is 0.109 e. The predicted octanol–water partition coefficient (Wildman–Crippen LogP) is 3.66. The Kier molecular flexibility index (Phi) is 5.05. The van der Waals surface area contributed by atoms with Crippen molar-refractivity contribution in [1.29, 1.82) is 0 Å². The van der Waals surface area contributed by atoms with Crippen LogP contribution in [0.25, 0.3) is 0 Å². The van der Waals surface area contributed by atoms with E-state index in [2.05, 4.69) is 34.9 Å². The molecular formula is C15H21BrN2O2. The number of hydrogen-bond donors (Lipinski definition) is 1. The van der Waals surface area contributed by atoms with Crippen molar-refractivity contribution in [1.82, 2.24) is 9.78 Å². The molecule has 2 heterocycles. The lowest BCUT2D eigenvalue weighted by molar-refractivity contribution is 0.172. The lowest BCUT2D eigenvalue weighted by atomic mass is 10.0. The van der Waals surface area contributed by atoms with E-state index >= 15 is 0 Å². The van der Waals surface area contributed by atoms with Crippen LogP contribution in [0.1, 0.15) is 49.6 Å². The van der Waals surface area contributed by atoms with Crippen LogP contribution >= 0.6 is 15.9 Å². The van der Waals surface area contributed by atoms with Gasteiger partial charge in [0, 0.05) is 24.9 Å². The molecule has 0 saturated carbocycles. The van der Waals surface area contributed by atoms with Gasteiger partial charge in [0.15, 0.2) is 0 Å². The number of aromatic nitrogens is 2. The van der Waals surface area contributed by atoms with Crippen molar-refractivity contribution in [2.45, 2.75) is 52.7 Å². The van der Waals surface area contributed by atoms with Crippen LogP contribution in [0.2, 0.25) is 0 Å². The Labute approximate surface area is 127 Å². The summed E-state index contributed by atoms with van der Waals surface area (Å²) in [5.74, 6) is 0.854. The van der Waals surface area contributed by atoms with Crippen LogP contribution in [-0.2, 0) is 25.8 Å². The summed E-state index contributed by atoms with van der Waals surface area (Å²) in [6, 6.07) is 1.85. The standard InChI is InChI=1S/C15H21BrN2O2/c1-4-11-15(16)12(18(6-3)17-11)9-13(19)10-7-8-20-14(10)5-2/h7-8,13,19H,4-6,9H2,1-3H3. The van der Waals surface area contributed by atoms with Gasteiger partial charge in [-0.3, -0.25) is 4.68 Å². The SMILES string of the molecule is CCc1nn(CC)c(CC(O)c2ccoc2CC)c1Br. The number of halogens is 1. The summed E-state index contributed by atoms with van der Waals surface area (Å²) in [5.41, 5.74) is 2.96. The molecule has 0 amide bonds. The van der Waals surface area contributed by atoms with E-state index < -0.39 is 6.10 Å². The second-order valence-corrected chi connectivity index (χ2v) is 5.54. The number of aliphatic hydroxyl groups is 1. The van der Waals surface area contributed by atoms with Gasteiger partial charge in [-0.25, -0.2) is 0 Å². The van der Waals surface area contributed by atoms with Crippen LogP contribution < -0.4 is 0 Å². The Bertz CT molecular complexity index is 574. The van der Waals surface area contributed by atoms with E-state index in [1.54, 1.807) is 6.26 Å². The fourth-order valence-electron chi connectivity index (χ4n) is 2.44. The molecule has 0 spiro atoms. The molecule has 5 heteroatoms. The quantitative estimate of drug-likeness (QED) is 0.872. The Hall–Kier alpha value is -1.07. The maximum absolute atomic E-state index is 10.5. The zero-order valence-electron chi connectivity index (χ0n) is 12.2. The average molecular weight is 341 g/mol. The van der Waals surface area contributed by atoms with Gasteiger partial charge in [-0.2, -0.15) is 5.10 Å². The van der Waals surface area contributed by atoms with Crippen LogP contribution in [0.5, 0.6) is 0 Å². The number of furan rings is 1. The minimum Gasteiger partial charge on any atom is -0.469 e. The highest BCUT2D eigenvalue weighted by Gasteiger charge is 2.20. The van der Waals surface area contributed by atoms with E-state index in [-0.39, 0.29) is 0 Å². The van der Waals surface area contributed by atoms with Crippen LogP contribution in [-0.4, -0.2) is 14.9 Å². The number of aliphatic hydroxyl groups excluding tert-OH is 1. The Morgan fingerprint density at radius 3 is 2.70 bits per heavy atom. The highest BCUT2D eigenvalue weighted by molar-refractivity contribution is 9.10. The van der Waals surface area contributed by atoms with Crippen molar-refractivity contribution in [3.63, 3.8) is 0 Å². The number of aryl methyl sites for hydroxylation is 3. The van der Waals surface area contributed by atoms with Gasteiger partial charge in [-0.15, -0.1) is 0 Å². The number of hydrogen-bond acceptors (Lipinski definition) is 3. The lowest BCUT2D eigenvalue weighted by Crippen LogP contribution is -2.09. The predicted molar refractivity (Wildman–Crippen MR) is 81.7 cm³/mol. The maximum atomic E-state index is 10.5. The number of rotatable bonds is 6. The van der Waals surface area contributed by atoms with E-state index in [1.807, 2.05) is 17.7 Å². The van der Waals surface area contributed by atoms with Gasteiger partial charge in [-0.05, 0) is 35.3 Å². The fraction of sp³-hybridized carbons (Fsp3) is 0.533. The molecule has 0 aromatic carbocycles. The van der Waals surface area contributed by atoms with Crippen LogP contribution in [0.15, 0.2) is 21.2 Å². The molecule has 0 aliphatic rings. The van der Waals surface area contributed by atoms with Crippen LogP contribution in [0.3, 0.4) is 0 Å². The Balaban J connectivity index is 2.27. The van der Waals surface area contributed by atoms with Gasteiger partial charge in [0.05, 0.1) is 28.2 Å². The molecule has 1 atom stereocenters. The molecule has 0 saturated heterocycles. The van der Waals surface area contributed by atoms with Gasteiger partial charge in [0.25, 0.3) is 0 Å². The molecule has 0 aliphatic heterocycles. The Morgan fingerprint density at radius 1 is 1.35 bits per heavy atom. The first-order valence-electron chi connectivity index (χ1n) is 7.10. The molecule has 0 aliphatic carbocycles. The van der Waals surface area contributed by atoms with Crippen molar-refractivity contribution >= 4 is 15.9 Å². The van der Waals surface area contributed by atoms with E-state index in [0.29, 0.717) is 6.42 Å². The largest absolute Gasteiger partial charge is 0.469 e. The molecule has 20 heavy (non-hydrogen) atoms. The molecule has 2 aromatic rings. The molecule has 2 aromatic heterocycles. The molecule has 110 valence electrons. The monoisotopic (exact) mass is 340 g/mol. The van der Waals surface area contributed by atoms with Crippen LogP contribution in [0, 0.1) is 0 Å². The Morgan fingerprint density at radius 2 is 2.10 bits per heavy atom. The third kappa shape index (κ3) is 2.83. The summed E-state index contributed by atoms with van der Waals surface area (Å²) in [7, 11) is 0. The highest BCUT2D eigenvalue weighted by atomic mass is 79.9. The fourth-order valence-corrected chi connectivity index (χ4v) is 3.17. The molecule has 1 N–H and O–H groups in total. The summed E-state index contributed by atoms with van der Waals surface area (Å²) in [6.45, 7) is 6.96. The summed E-state index contributed by atoms with van der Waals surface area (Å²) >= 11 is 3.61. The first kappa shape index (κ1) is 15.3. The first-order valence-corrected chi connectivity index (χ1v) is 7.89. The topological polar surface area (TPSA) is 51.2 Å². The molecular weight excluding hydrogens is 320 g/mol. The molecule has 0 bridgehead atoms. The van der Waals surface area contributed by atoms with E-state index in [9.17, 15) is 5.11 Å². The summed E-state index contributed by atoms with van der Waals surface area (Å²) in [5, 5.41) is 15.0. The van der Waals surface area contributed by atoms with E-state index in [0.717, 1.165) is 46.6 Å². The molecule has 4 nitrogen and oxygen atoms in total. The van der Waals surface area contributed by atoms with Crippen molar-refractivity contribution in [2.75, 3.05) is 0 Å². The van der Waals surface area contributed by atoms with Crippen LogP contribution in [0.4, 0.5) is 0 Å². The van der Waals surface area contributed by atoms with Crippen molar-refractivity contribution in [2.24, 2.45) is 0 Å². The zero-order chi connectivity index (χ0) is 14.7. The summed E-state index contributed by atoms with van der Waals surface area (Å²) in [6.07, 6.45) is 3.28. The van der Waals surface area contributed by atoms with Crippen molar-refractivity contribution < 1.29 is 9.52 Å². The van der Waals surface area contributed by atoms with Gasteiger partial charge >= 0.3 is 0 Å². The summed E-state index contributed by atoms with van der Waals surface area (Å²) in [4.78, 5) is 0. The molecule has 0 radical (unpaired) electrons. The highest BCUT2D eigenvalue weighted by Crippen LogP contribution is 2.29. The normalized spacial score (nSPS) is 12.8. The summed E-state index contributed by atoms with van der Waals surface area (Å²) < 4.78 is 8.36. The van der Waals surface area contributed by atoms with Gasteiger partial charge in [-0.1, -0.05) is 13.8 Å². The van der Waals surface area contributed by atoms with Crippen molar-refractivity contribution in [3.8, 4) is 0 Å². The average Bonchev–Trinajstić information content (AvgIpc) is 3.04. The van der Waals surface area contributed by atoms with E-state index in [4.69, 9.17) is 4.42 Å². The second-order valence-electron chi connectivity index (χ2n) is 4.75. The second kappa shape index (κ2) is 6.59. The molecule has 1 unspecified atom stereocenters. The minimum absolute atomic E-state index is 0.536. The number of nitrogens with zero attached hydrogens (tertiary/aromatic N) is 2. The van der Waals surface area contributed by atoms with Gasteiger partial charge in [0.1, 0.15) is 5.76 Å². The minimum atomic E-state index is -0.563. The zero-order valence-corrected chi connectivity index (χ0v) is 13.8. The third-order valence-electron chi connectivity index (χ3n) is 3.54. The van der Waals surface area contributed by atoms with Gasteiger partial charge in [0.2, 0.25) is 0 Å². The molecule has 0 fully saturated rings.